The number of carbonyl (C=O) groups is 1. The number of aromatic nitrogens is 1. The number of rotatable bonds is 4. The number of hydrogen-bond donors (Lipinski definition) is 2. The third-order valence-corrected chi connectivity index (χ3v) is 5.57. The quantitative estimate of drug-likeness (QED) is 0.751. The molecular weight excluding hydrogens is 346 g/mol. The SMILES string of the molecule is CS(=O)(=O)c1ccc(N2C[C@H](O)C[C@H](NC(=O)[C@H]3CCCO3)C2)nc1. The molecule has 0 bridgehead atoms. The van der Waals surface area contributed by atoms with Crippen molar-refractivity contribution in [3.8, 4) is 0 Å². The zero-order chi connectivity index (χ0) is 18.0. The maximum absolute atomic E-state index is 12.2. The number of hydrogen-bond acceptors (Lipinski definition) is 7. The van der Waals surface area contributed by atoms with Crippen LogP contribution in [0.2, 0.25) is 0 Å². The first-order valence-corrected chi connectivity index (χ1v) is 10.2. The van der Waals surface area contributed by atoms with E-state index in [1.165, 1.54) is 12.3 Å². The Morgan fingerprint density at radius 1 is 1.40 bits per heavy atom. The lowest BCUT2D eigenvalue weighted by Gasteiger charge is -2.37. The summed E-state index contributed by atoms with van der Waals surface area (Å²) in [6, 6.07) is 2.91. The Balaban J connectivity index is 1.66. The summed E-state index contributed by atoms with van der Waals surface area (Å²) in [6.07, 6.45) is 3.51. The molecule has 0 unspecified atom stereocenters. The molecule has 2 fully saturated rings. The zero-order valence-corrected chi connectivity index (χ0v) is 14.9. The molecule has 138 valence electrons. The molecule has 3 rings (SSSR count). The van der Waals surface area contributed by atoms with Crippen LogP contribution >= 0.6 is 0 Å². The van der Waals surface area contributed by atoms with E-state index >= 15 is 0 Å². The summed E-state index contributed by atoms with van der Waals surface area (Å²) in [5.74, 6) is 0.430. The molecule has 1 amide bonds. The standard InChI is InChI=1S/C16H23N3O5S/c1-25(22,23)13-4-5-15(17-8-13)19-9-11(7-12(20)10-19)18-16(21)14-3-2-6-24-14/h4-5,8,11-12,14,20H,2-3,6-7,9-10H2,1H3,(H,18,21)/t11-,12+,14+/m0/s1. The molecule has 0 radical (unpaired) electrons. The summed E-state index contributed by atoms with van der Waals surface area (Å²) in [7, 11) is -3.30. The van der Waals surface area contributed by atoms with Gasteiger partial charge in [-0.05, 0) is 31.4 Å². The summed E-state index contributed by atoms with van der Waals surface area (Å²) >= 11 is 0. The zero-order valence-electron chi connectivity index (χ0n) is 14.1. The van der Waals surface area contributed by atoms with Crippen molar-refractivity contribution < 1.29 is 23.1 Å². The lowest BCUT2D eigenvalue weighted by atomic mass is 10.0. The molecule has 3 atom stereocenters. The highest BCUT2D eigenvalue weighted by Gasteiger charge is 2.31. The van der Waals surface area contributed by atoms with E-state index in [-0.39, 0.29) is 16.8 Å². The van der Waals surface area contributed by atoms with E-state index in [9.17, 15) is 18.3 Å². The van der Waals surface area contributed by atoms with Gasteiger partial charge in [0.1, 0.15) is 11.9 Å². The van der Waals surface area contributed by atoms with Crippen LogP contribution in [0.3, 0.4) is 0 Å². The second-order valence-corrected chi connectivity index (χ2v) is 8.64. The maximum atomic E-state index is 12.2. The predicted octanol–water partition coefficient (Wildman–Crippen LogP) is -0.280. The van der Waals surface area contributed by atoms with Gasteiger partial charge in [-0.25, -0.2) is 13.4 Å². The molecule has 2 N–H and O–H groups in total. The average Bonchev–Trinajstić information content (AvgIpc) is 3.08. The van der Waals surface area contributed by atoms with Crippen molar-refractivity contribution in [2.24, 2.45) is 0 Å². The molecular formula is C16H23N3O5S. The van der Waals surface area contributed by atoms with Crippen molar-refractivity contribution >= 4 is 21.6 Å². The van der Waals surface area contributed by atoms with Gasteiger partial charge in [-0.3, -0.25) is 4.79 Å². The monoisotopic (exact) mass is 369 g/mol. The minimum atomic E-state index is -3.30. The van der Waals surface area contributed by atoms with Crippen LogP contribution in [0.25, 0.3) is 0 Å². The Hall–Kier alpha value is -1.71. The van der Waals surface area contributed by atoms with Crippen LogP contribution in [0.15, 0.2) is 23.2 Å². The van der Waals surface area contributed by atoms with Gasteiger partial charge in [-0.2, -0.15) is 0 Å². The Bertz CT molecular complexity index is 716. The van der Waals surface area contributed by atoms with Crippen LogP contribution in [0.5, 0.6) is 0 Å². The number of amides is 1. The van der Waals surface area contributed by atoms with Crippen molar-refractivity contribution in [2.75, 3.05) is 30.9 Å². The Kier molecular flexibility index (Phi) is 5.26. The van der Waals surface area contributed by atoms with Crippen molar-refractivity contribution in [3.05, 3.63) is 18.3 Å². The van der Waals surface area contributed by atoms with E-state index in [1.54, 1.807) is 6.07 Å². The van der Waals surface area contributed by atoms with Gasteiger partial charge in [0, 0.05) is 38.2 Å². The van der Waals surface area contributed by atoms with E-state index in [0.717, 1.165) is 19.1 Å². The average molecular weight is 369 g/mol. The molecule has 0 aromatic carbocycles. The summed E-state index contributed by atoms with van der Waals surface area (Å²) < 4.78 is 28.4. The van der Waals surface area contributed by atoms with E-state index in [2.05, 4.69) is 10.3 Å². The van der Waals surface area contributed by atoms with Crippen molar-refractivity contribution in [1.82, 2.24) is 10.3 Å². The Morgan fingerprint density at radius 2 is 2.20 bits per heavy atom. The predicted molar refractivity (Wildman–Crippen MR) is 91.1 cm³/mol. The summed E-state index contributed by atoms with van der Waals surface area (Å²) in [5.41, 5.74) is 0. The van der Waals surface area contributed by atoms with E-state index in [0.29, 0.717) is 31.9 Å². The normalized spacial score (nSPS) is 27.3. The number of pyridine rings is 1. The highest BCUT2D eigenvalue weighted by atomic mass is 32.2. The summed E-state index contributed by atoms with van der Waals surface area (Å²) in [4.78, 5) is 18.4. The number of carbonyl (C=O) groups excluding carboxylic acids is 1. The smallest absolute Gasteiger partial charge is 0.249 e. The summed E-state index contributed by atoms with van der Waals surface area (Å²) in [6.45, 7) is 1.49. The molecule has 2 aliphatic heterocycles. The van der Waals surface area contributed by atoms with Crippen LogP contribution < -0.4 is 10.2 Å². The first-order chi connectivity index (χ1) is 11.8. The third kappa shape index (κ3) is 4.47. The van der Waals surface area contributed by atoms with E-state index in [1.807, 2.05) is 4.90 Å². The summed E-state index contributed by atoms with van der Waals surface area (Å²) in [5, 5.41) is 13.1. The lowest BCUT2D eigenvalue weighted by Crippen LogP contribution is -2.54. The van der Waals surface area contributed by atoms with Crippen molar-refractivity contribution in [2.45, 2.75) is 42.4 Å². The van der Waals surface area contributed by atoms with E-state index < -0.39 is 22.0 Å². The number of piperidine rings is 1. The van der Waals surface area contributed by atoms with E-state index in [4.69, 9.17) is 4.74 Å². The second-order valence-electron chi connectivity index (χ2n) is 6.63. The fourth-order valence-corrected chi connectivity index (χ4v) is 3.78. The molecule has 0 spiro atoms. The van der Waals surface area contributed by atoms with Gasteiger partial charge in [0.05, 0.1) is 11.0 Å². The van der Waals surface area contributed by atoms with Gasteiger partial charge in [-0.1, -0.05) is 0 Å². The Labute approximate surface area is 147 Å². The van der Waals surface area contributed by atoms with Crippen molar-refractivity contribution in [1.29, 1.82) is 0 Å². The third-order valence-electron chi connectivity index (χ3n) is 4.47. The first kappa shape index (κ1) is 18.1. The van der Waals surface area contributed by atoms with Gasteiger partial charge in [-0.15, -0.1) is 0 Å². The number of aliphatic hydroxyl groups excluding tert-OH is 1. The number of anilines is 1. The lowest BCUT2D eigenvalue weighted by molar-refractivity contribution is -0.131. The van der Waals surface area contributed by atoms with Gasteiger partial charge in [0.25, 0.3) is 0 Å². The Morgan fingerprint density at radius 3 is 2.80 bits per heavy atom. The number of β-amino-alcohol motifs (C(OH)–C–C–N with tert-alkyl or cyclic N) is 1. The highest BCUT2D eigenvalue weighted by Crippen LogP contribution is 2.20. The van der Waals surface area contributed by atoms with Crippen LogP contribution in [0.4, 0.5) is 5.82 Å². The van der Waals surface area contributed by atoms with Crippen LogP contribution in [0.1, 0.15) is 19.3 Å². The minimum absolute atomic E-state index is 0.142. The molecule has 25 heavy (non-hydrogen) atoms. The number of nitrogens with zero attached hydrogens (tertiary/aromatic N) is 2. The van der Waals surface area contributed by atoms with Gasteiger partial charge >= 0.3 is 0 Å². The molecule has 9 heteroatoms. The van der Waals surface area contributed by atoms with Crippen LogP contribution in [0, 0.1) is 0 Å². The van der Waals surface area contributed by atoms with Crippen molar-refractivity contribution in [3.63, 3.8) is 0 Å². The fraction of sp³-hybridized carbons (Fsp3) is 0.625. The first-order valence-electron chi connectivity index (χ1n) is 8.34. The topological polar surface area (TPSA) is 109 Å². The fourth-order valence-electron chi connectivity index (χ4n) is 3.22. The van der Waals surface area contributed by atoms with Gasteiger partial charge in [0.15, 0.2) is 9.84 Å². The number of sulfone groups is 1. The minimum Gasteiger partial charge on any atom is -0.391 e. The molecule has 1 aromatic heterocycles. The molecule has 8 nitrogen and oxygen atoms in total. The molecule has 1 aromatic rings. The van der Waals surface area contributed by atoms with Gasteiger partial charge < -0.3 is 20.1 Å². The number of aliphatic hydroxyl groups is 1. The number of ether oxygens (including phenoxy) is 1. The van der Waals surface area contributed by atoms with Crippen LogP contribution in [-0.2, 0) is 19.4 Å². The van der Waals surface area contributed by atoms with Gasteiger partial charge in [0.2, 0.25) is 5.91 Å². The highest BCUT2D eigenvalue weighted by molar-refractivity contribution is 7.90. The molecule has 2 aliphatic rings. The number of nitrogens with one attached hydrogen (secondary N) is 1. The largest absolute Gasteiger partial charge is 0.391 e. The maximum Gasteiger partial charge on any atom is 0.249 e. The molecule has 3 heterocycles. The molecule has 2 saturated heterocycles. The molecule has 0 aliphatic carbocycles. The second kappa shape index (κ2) is 7.27. The molecule has 0 saturated carbocycles. The van der Waals surface area contributed by atoms with Crippen LogP contribution in [-0.4, -0.2) is 68.6 Å².